The molecule has 1 heterocycles. The summed E-state index contributed by atoms with van der Waals surface area (Å²) in [5, 5.41) is 3.33. The van der Waals surface area contributed by atoms with Gasteiger partial charge in [-0.2, -0.15) is 11.8 Å². The van der Waals surface area contributed by atoms with Gasteiger partial charge in [0.2, 0.25) is 0 Å². The van der Waals surface area contributed by atoms with Crippen molar-refractivity contribution in [2.24, 2.45) is 10.9 Å². The van der Waals surface area contributed by atoms with E-state index in [4.69, 9.17) is 4.74 Å². The van der Waals surface area contributed by atoms with Crippen LogP contribution in [-0.4, -0.2) is 62.1 Å². The molecule has 0 spiro atoms. The Labute approximate surface area is 143 Å². The standard InChI is InChI=1S/C13H25N3O2S.HI/c1-4-18-12(17)11-6-5-8-16(10-11)13(14-2)15-7-9-19-3;/h11H,4-10H2,1-3H3,(H,14,15);1H. The molecule has 5 nitrogen and oxygen atoms in total. The zero-order valence-electron chi connectivity index (χ0n) is 12.6. The van der Waals surface area contributed by atoms with Crippen molar-refractivity contribution in [3.63, 3.8) is 0 Å². The van der Waals surface area contributed by atoms with E-state index in [2.05, 4.69) is 21.5 Å². The number of ether oxygens (including phenoxy) is 1. The van der Waals surface area contributed by atoms with Crippen LogP contribution in [0, 0.1) is 5.92 Å². The number of hydrogen-bond donors (Lipinski definition) is 1. The molecule has 0 aromatic rings. The van der Waals surface area contributed by atoms with Crippen LogP contribution in [0.3, 0.4) is 0 Å². The van der Waals surface area contributed by atoms with Gasteiger partial charge in [-0.25, -0.2) is 0 Å². The Kier molecular flexibility index (Phi) is 11.4. The minimum Gasteiger partial charge on any atom is -0.466 e. The molecule has 20 heavy (non-hydrogen) atoms. The van der Waals surface area contributed by atoms with Crippen molar-refractivity contribution in [2.75, 3.05) is 45.3 Å². The number of carbonyl (C=O) groups excluding carboxylic acids is 1. The highest BCUT2D eigenvalue weighted by Gasteiger charge is 2.28. The van der Waals surface area contributed by atoms with Crippen molar-refractivity contribution >= 4 is 47.7 Å². The number of nitrogens with one attached hydrogen (secondary N) is 1. The van der Waals surface area contributed by atoms with Crippen molar-refractivity contribution in [2.45, 2.75) is 19.8 Å². The van der Waals surface area contributed by atoms with E-state index in [1.807, 2.05) is 6.92 Å². The number of guanidine groups is 1. The first-order chi connectivity index (χ1) is 9.22. The molecule has 1 fully saturated rings. The first-order valence-corrected chi connectivity index (χ1v) is 8.23. The Morgan fingerprint density at radius 3 is 2.90 bits per heavy atom. The largest absolute Gasteiger partial charge is 0.466 e. The molecule has 0 radical (unpaired) electrons. The number of thioether (sulfide) groups is 1. The number of carbonyl (C=O) groups is 1. The molecule has 0 aromatic heterocycles. The Morgan fingerprint density at radius 1 is 1.55 bits per heavy atom. The normalized spacial score (nSPS) is 19.2. The van der Waals surface area contributed by atoms with Gasteiger partial charge in [0.15, 0.2) is 5.96 Å². The van der Waals surface area contributed by atoms with Crippen LogP contribution in [0.25, 0.3) is 0 Å². The van der Waals surface area contributed by atoms with Gasteiger partial charge in [0.25, 0.3) is 0 Å². The molecule has 1 unspecified atom stereocenters. The first-order valence-electron chi connectivity index (χ1n) is 6.84. The van der Waals surface area contributed by atoms with E-state index >= 15 is 0 Å². The monoisotopic (exact) mass is 415 g/mol. The second-order valence-electron chi connectivity index (χ2n) is 4.50. The second-order valence-corrected chi connectivity index (χ2v) is 5.49. The third kappa shape index (κ3) is 6.51. The molecule has 1 aliphatic heterocycles. The Hall–Kier alpha value is -0.180. The fraction of sp³-hybridized carbons (Fsp3) is 0.846. The van der Waals surface area contributed by atoms with Crippen LogP contribution in [0.15, 0.2) is 4.99 Å². The van der Waals surface area contributed by atoms with E-state index in [0.29, 0.717) is 13.2 Å². The van der Waals surface area contributed by atoms with Crippen LogP contribution < -0.4 is 5.32 Å². The average Bonchev–Trinajstić information content (AvgIpc) is 2.44. The molecule has 0 saturated carbocycles. The topological polar surface area (TPSA) is 53.9 Å². The fourth-order valence-corrected chi connectivity index (χ4v) is 2.53. The predicted molar refractivity (Wildman–Crippen MR) is 96.1 cm³/mol. The number of piperidine rings is 1. The third-order valence-corrected chi connectivity index (χ3v) is 3.75. The molecule has 1 atom stereocenters. The highest BCUT2D eigenvalue weighted by atomic mass is 127. The first kappa shape index (κ1) is 19.8. The highest BCUT2D eigenvalue weighted by molar-refractivity contribution is 14.0. The summed E-state index contributed by atoms with van der Waals surface area (Å²) in [5.74, 6) is 1.84. The Balaban J connectivity index is 0.00000361. The third-order valence-electron chi connectivity index (χ3n) is 3.14. The molecular weight excluding hydrogens is 389 g/mol. The number of aliphatic imine (C=N–C) groups is 1. The van der Waals surface area contributed by atoms with E-state index in [0.717, 1.165) is 37.6 Å². The van der Waals surface area contributed by atoms with Gasteiger partial charge in [0.05, 0.1) is 12.5 Å². The molecule has 7 heteroatoms. The van der Waals surface area contributed by atoms with Gasteiger partial charge in [-0.1, -0.05) is 0 Å². The van der Waals surface area contributed by atoms with Gasteiger partial charge in [-0.15, -0.1) is 24.0 Å². The number of nitrogens with zero attached hydrogens (tertiary/aromatic N) is 2. The van der Waals surface area contributed by atoms with Gasteiger partial charge in [-0.3, -0.25) is 9.79 Å². The average molecular weight is 415 g/mol. The summed E-state index contributed by atoms with van der Waals surface area (Å²) in [4.78, 5) is 18.3. The summed E-state index contributed by atoms with van der Waals surface area (Å²) in [6.45, 7) is 4.86. The lowest BCUT2D eigenvalue weighted by Crippen LogP contribution is -2.48. The molecule has 1 N–H and O–H groups in total. The predicted octanol–water partition coefficient (Wildman–Crippen LogP) is 1.82. The van der Waals surface area contributed by atoms with E-state index in [1.165, 1.54) is 0 Å². The molecule has 0 aliphatic carbocycles. The van der Waals surface area contributed by atoms with Crippen molar-refractivity contribution in [1.29, 1.82) is 0 Å². The van der Waals surface area contributed by atoms with Gasteiger partial charge in [-0.05, 0) is 26.0 Å². The molecule has 1 rings (SSSR count). The quantitative estimate of drug-likeness (QED) is 0.244. The molecule has 1 saturated heterocycles. The molecule has 0 bridgehead atoms. The summed E-state index contributed by atoms with van der Waals surface area (Å²) in [6.07, 6.45) is 4.01. The summed E-state index contributed by atoms with van der Waals surface area (Å²) in [7, 11) is 1.79. The van der Waals surface area contributed by atoms with Gasteiger partial charge >= 0.3 is 5.97 Å². The minimum absolute atomic E-state index is 0. The summed E-state index contributed by atoms with van der Waals surface area (Å²) >= 11 is 1.80. The number of esters is 1. The lowest BCUT2D eigenvalue weighted by Gasteiger charge is -2.33. The van der Waals surface area contributed by atoms with E-state index < -0.39 is 0 Å². The minimum atomic E-state index is -0.0771. The van der Waals surface area contributed by atoms with E-state index in [9.17, 15) is 4.79 Å². The van der Waals surface area contributed by atoms with Crippen LogP contribution in [0.5, 0.6) is 0 Å². The summed E-state index contributed by atoms with van der Waals surface area (Å²) in [5.41, 5.74) is 0. The number of rotatable bonds is 5. The van der Waals surface area contributed by atoms with E-state index in [-0.39, 0.29) is 35.9 Å². The lowest BCUT2D eigenvalue weighted by molar-refractivity contribution is -0.149. The van der Waals surface area contributed by atoms with Crippen molar-refractivity contribution < 1.29 is 9.53 Å². The molecule has 1 aliphatic rings. The fourth-order valence-electron chi connectivity index (χ4n) is 2.22. The maximum absolute atomic E-state index is 11.8. The van der Waals surface area contributed by atoms with Crippen LogP contribution in [-0.2, 0) is 9.53 Å². The maximum atomic E-state index is 11.8. The Bertz CT molecular complexity index is 316. The van der Waals surface area contributed by atoms with Crippen LogP contribution >= 0.6 is 35.7 Å². The number of halogens is 1. The number of likely N-dealkylation sites (tertiary alicyclic amines) is 1. The maximum Gasteiger partial charge on any atom is 0.310 e. The Morgan fingerprint density at radius 2 is 2.30 bits per heavy atom. The van der Waals surface area contributed by atoms with Gasteiger partial charge in [0.1, 0.15) is 0 Å². The summed E-state index contributed by atoms with van der Waals surface area (Å²) in [6, 6.07) is 0. The van der Waals surface area contributed by atoms with Crippen molar-refractivity contribution in [1.82, 2.24) is 10.2 Å². The number of hydrogen-bond acceptors (Lipinski definition) is 4. The van der Waals surface area contributed by atoms with Crippen LogP contribution in [0.4, 0.5) is 0 Å². The lowest BCUT2D eigenvalue weighted by atomic mass is 9.98. The zero-order valence-corrected chi connectivity index (χ0v) is 15.7. The van der Waals surface area contributed by atoms with Gasteiger partial charge < -0.3 is 15.0 Å². The second kappa shape index (κ2) is 11.5. The van der Waals surface area contributed by atoms with Crippen molar-refractivity contribution in [3.8, 4) is 0 Å². The molecule has 0 amide bonds. The molecular formula is C13H26IN3O2S. The van der Waals surface area contributed by atoms with Gasteiger partial charge in [0, 0.05) is 32.4 Å². The smallest absolute Gasteiger partial charge is 0.310 e. The summed E-state index contributed by atoms with van der Waals surface area (Å²) < 4.78 is 5.11. The van der Waals surface area contributed by atoms with Crippen LogP contribution in [0.1, 0.15) is 19.8 Å². The van der Waals surface area contributed by atoms with Crippen molar-refractivity contribution in [3.05, 3.63) is 0 Å². The SMILES string of the molecule is CCOC(=O)C1CCCN(C(=NC)NCCSC)C1.I. The van der Waals surface area contributed by atoms with E-state index in [1.54, 1.807) is 18.8 Å². The highest BCUT2D eigenvalue weighted by Crippen LogP contribution is 2.17. The molecule has 0 aromatic carbocycles. The van der Waals surface area contributed by atoms with Crippen LogP contribution in [0.2, 0.25) is 0 Å². The zero-order chi connectivity index (χ0) is 14.1. The molecule has 118 valence electrons.